The van der Waals surface area contributed by atoms with Gasteiger partial charge in [-0.05, 0) is 26.8 Å². The lowest BCUT2D eigenvalue weighted by Crippen LogP contribution is -2.63. The van der Waals surface area contributed by atoms with Gasteiger partial charge in [0.05, 0.1) is 4.88 Å². The van der Waals surface area contributed by atoms with E-state index in [-0.39, 0.29) is 11.8 Å². The Hall–Kier alpha value is -1.56. The van der Waals surface area contributed by atoms with E-state index in [1.54, 1.807) is 36.8 Å². The second-order valence-electron chi connectivity index (χ2n) is 5.36. The molecule has 1 fully saturated rings. The zero-order valence-corrected chi connectivity index (χ0v) is 12.5. The van der Waals surface area contributed by atoms with Crippen LogP contribution in [0.4, 0.5) is 5.69 Å². The third-order valence-electron chi connectivity index (χ3n) is 3.62. The van der Waals surface area contributed by atoms with Crippen molar-refractivity contribution in [3.63, 3.8) is 0 Å². The van der Waals surface area contributed by atoms with Crippen molar-refractivity contribution in [1.29, 1.82) is 0 Å². The van der Waals surface area contributed by atoms with E-state index in [4.69, 9.17) is 5.73 Å². The predicted molar refractivity (Wildman–Crippen MR) is 76.2 cm³/mol. The summed E-state index contributed by atoms with van der Waals surface area (Å²) in [5.41, 5.74) is 5.61. The zero-order chi connectivity index (χ0) is 14.4. The van der Waals surface area contributed by atoms with Gasteiger partial charge < -0.3 is 15.5 Å². The number of likely N-dealkylation sites (N-methyl/N-ethyl adjacent to an activating group) is 1. The topological polar surface area (TPSA) is 66.6 Å². The fourth-order valence-corrected chi connectivity index (χ4v) is 3.19. The maximum Gasteiger partial charge on any atom is 0.264 e. The molecule has 1 aliphatic heterocycles. The van der Waals surface area contributed by atoms with E-state index in [2.05, 4.69) is 0 Å². The lowest BCUT2D eigenvalue weighted by atomic mass is 9.97. The predicted octanol–water partition coefficient (Wildman–Crippen LogP) is 1.33. The normalized spacial score (nSPS) is 18.8. The number of carbonyl (C=O) groups excluding carboxylic acids is 2. The monoisotopic (exact) mass is 281 g/mol. The molecule has 1 aromatic heterocycles. The Labute approximate surface area is 117 Å². The van der Waals surface area contributed by atoms with Crippen molar-refractivity contribution in [3.8, 4) is 0 Å². The Bertz CT molecular complexity index is 516. The van der Waals surface area contributed by atoms with Crippen molar-refractivity contribution in [3.05, 3.63) is 15.8 Å². The van der Waals surface area contributed by atoms with Gasteiger partial charge in [0.2, 0.25) is 5.91 Å². The van der Waals surface area contributed by atoms with E-state index in [1.807, 2.05) is 6.92 Å². The summed E-state index contributed by atoms with van der Waals surface area (Å²) in [5.74, 6) is -0.149. The van der Waals surface area contributed by atoms with Gasteiger partial charge in [0, 0.05) is 30.7 Å². The van der Waals surface area contributed by atoms with Gasteiger partial charge in [0.25, 0.3) is 5.91 Å². The summed E-state index contributed by atoms with van der Waals surface area (Å²) in [6, 6.07) is 1.70. The third kappa shape index (κ3) is 2.20. The first-order valence-electron chi connectivity index (χ1n) is 6.18. The molecule has 0 aliphatic carbocycles. The standard InChI is InChI=1S/C13H19N3O2S/c1-8-9(14)7-10(19-8)11(17)16-6-5-15(4)12(18)13(16,2)3/h7H,5-6,14H2,1-4H3. The number of nitrogens with two attached hydrogens (primary N) is 1. The molecule has 0 aromatic carbocycles. The molecule has 2 rings (SSSR count). The summed E-state index contributed by atoms with van der Waals surface area (Å²) in [6.45, 7) is 6.56. The van der Waals surface area contributed by atoms with Crippen molar-refractivity contribution in [2.45, 2.75) is 26.3 Å². The van der Waals surface area contributed by atoms with E-state index in [9.17, 15) is 9.59 Å². The SMILES string of the molecule is Cc1sc(C(=O)N2CCN(C)C(=O)C2(C)C)cc1N. The minimum Gasteiger partial charge on any atom is -0.398 e. The number of hydrogen-bond acceptors (Lipinski definition) is 4. The molecule has 1 saturated heterocycles. The molecule has 0 spiro atoms. The van der Waals surface area contributed by atoms with Crippen LogP contribution in [0.1, 0.15) is 28.4 Å². The molecule has 6 heteroatoms. The maximum absolute atomic E-state index is 12.5. The Morgan fingerprint density at radius 3 is 2.58 bits per heavy atom. The summed E-state index contributed by atoms with van der Waals surface area (Å²) in [4.78, 5) is 29.6. The van der Waals surface area contributed by atoms with E-state index < -0.39 is 5.54 Å². The molecule has 2 heterocycles. The van der Waals surface area contributed by atoms with Gasteiger partial charge in [0.1, 0.15) is 5.54 Å². The molecule has 5 nitrogen and oxygen atoms in total. The Morgan fingerprint density at radius 1 is 1.42 bits per heavy atom. The molecule has 0 atom stereocenters. The molecule has 19 heavy (non-hydrogen) atoms. The van der Waals surface area contributed by atoms with Crippen LogP contribution in [0.25, 0.3) is 0 Å². The summed E-state index contributed by atoms with van der Waals surface area (Å²) >= 11 is 1.38. The first kappa shape index (κ1) is 13.9. The van der Waals surface area contributed by atoms with Crippen molar-refractivity contribution in [2.75, 3.05) is 25.9 Å². The minimum atomic E-state index is -0.809. The number of piperazine rings is 1. The highest BCUT2D eigenvalue weighted by Crippen LogP contribution is 2.29. The molecular formula is C13H19N3O2S. The second-order valence-corrected chi connectivity index (χ2v) is 6.62. The number of anilines is 1. The molecule has 0 unspecified atom stereocenters. The number of carbonyl (C=O) groups is 2. The number of aryl methyl sites for hydroxylation is 1. The van der Waals surface area contributed by atoms with E-state index in [1.165, 1.54) is 11.3 Å². The Kier molecular flexibility index (Phi) is 3.30. The zero-order valence-electron chi connectivity index (χ0n) is 11.7. The molecule has 1 aromatic rings. The van der Waals surface area contributed by atoms with Crippen molar-refractivity contribution in [2.24, 2.45) is 0 Å². The number of hydrogen-bond donors (Lipinski definition) is 1. The summed E-state index contributed by atoms with van der Waals surface area (Å²) in [7, 11) is 1.76. The van der Waals surface area contributed by atoms with Crippen molar-refractivity contribution >= 4 is 28.8 Å². The summed E-state index contributed by atoms with van der Waals surface area (Å²) in [6.07, 6.45) is 0. The third-order valence-corrected chi connectivity index (χ3v) is 4.67. The lowest BCUT2D eigenvalue weighted by Gasteiger charge is -2.44. The van der Waals surface area contributed by atoms with Gasteiger partial charge in [-0.1, -0.05) is 0 Å². The molecule has 1 aliphatic rings. The van der Waals surface area contributed by atoms with Crippen LogP contribution >= 0.6 is 11.3 Å². The van der Waals surface area contributed by atoms with Crippen molar-refractivity contribution < 1.29 is 9.59 Å². The molecule has 2 N–H and O–H groups in total. The summed E-state index contributed by atoms with van der Waals surface area (Å²) in [5, 5.41) is 0. The van der Waals surface area contributed by atoms with Crippen LogP contribution < -0.4 is 5.73 Å². The molecule has 0 radical (unpaired) electrons. The van der Waals surface area contributed by atoms with Crippen LogP contribution in [0.5, 0.6) is 0 Å². The molecule has 0 bridgehead atoms. The number of amides is 2. The van der Waals surface area contributed by atoms with Crippen LogP contribution in [0.15, 0.2) is 6.07 Å². The van der Waals surface area contributed by atoms with Crippen LogP contribution in [0, 0.1) is 6.92 Å². The Balaban J connectivity index is 2.31. The first-order chi connectivity index (χ1) is 8.75. The molecule has 104 valence electrons. The largest absolute Gasteiger partial charge is 0.398 e. The first-order valence-corrected chi connectivity index (χ1v) is 7.00. The van der Waals surface area contributed by atoms with Crippen LogP contribution in [0.3, 0.4) is 0 Å². The molecular weight excluding hydrogens is 262 g/mol. The fraction of sp³-hybridized carbons (Fsp3) is 0.538. The van der Waals surface area contributed by atoms with Gasteiger partial charge in [0.15, 0.2) is 0 Å². The molecule has 2 amide bonds. The van der Waals surface area contributed by atoms with Crippen LogP contribution in [-0.4, -0.2) is 47.3 Å². The van der Waals surface area contributed by atoms with E-state index in [0.717, 1.165) is 4.88 Å². The smallest absolute Gasteiger partial charge is 0.264 e. The number of rotatable bonds is 1. The van der Waals surface area contributed by atoms with Crippen molar-refractivity contribution in [1.82, 2.24) is 9.80 Å². The molecule has 0 saturated carbocycles. The van der Waals surface area contributed by atoms with E-state index >= 15 is 0 Å². The highest BCUT2D eigenvalue weighted by Gasteiger charge is 2.43. The fourth-order valence-electron chi connectivity index (χ4n) is 2.30. The van der Waals surface area contributed by atoms with Crippen LogP contribution in [-0.2, 0) is 4.79 Å². The lowest BCUT2D eigenvalue weighted by molar-refractivity contribution is -0.144. The van der Waals surface area contributed by atoms with Gasteiger partial charge in [-0.25, -0.2) is 0 Å². The highest BCUT2D eigenvalue weighted by atomic mass is 32.1. The average Bonchev–Trinajstić information content (AvgIpc) is 2.66. The van der Waals surface area contributed by atoms with Gasteiger partial charge in [-0.15, -0.1) is 11.3 Å². The Morgan fingerprint density at radius 2 is 2.05 bits per heavy atom. The van der Waals surface area contributed by atoms with Gasteiger partial charge in [-0.3, -0.25) is 9.59 Å². The number of thiophene rings is 1. The van der Waals surface area contributed by atoms with Crippen LogP contribution in [0.2, 0.25) is 0 Å². The highest BCUT2D eigenvalue weighted by molar-refractivity contribution is 7.14. The quantitative estimate of drug-likeness (QED) is 0.844. The van der Waals surface area contributed by atoms with Gasteiger partial charge in [-0.2, -0.15) is 0 Å². The van der Waals surface area contributed by atoms with Gasteiger partial charge >= 0.3 is 0 Å². The second kappa shape index (κ2) is 4.52. The minimum absolute atomic E-state index is 0.0339. The summed E-state index contributed by atoms with van der Waals surface area (Å²) < 4.78 is 0. The van der Waals surface area contributed by atoms with E-state index in [0.29, 0.717) is 23.7 Å². The maximum atomic E-state index is 12.5. The number of nitrogen functional groups attached to an aromatic ring is 1. The number of nitrogens with zero attached hydrogens (tertiary/aromatic N) is 2. The average molecular weight is 281 g/mol.